The van der Waals surface area contributed by atoms with Gasteiger partial charge in [-0.25, -0.2) is 9.59 Å². The van der Waals surface area contributed by atoms with Gasteiger partial charge in [0.1, 0.15) is 5.75 Å². The Morgan fingerprint density at radius 3 is 1.83 bits per heavy atom. The Labute approximate surface area is 212 Å². The van der Waals surface area contributed by atoms with Crippen molar-refractivity contribution in [2.45, 2.75) is 33.1 Å². The van der Waals surface area contributed by atoms with Crippen LogP contribution in [0.25, 0.3) is 0 Å². The number of ether oxygens (including phenoxy) is 2. The second kappa shape index (κ2) is 10.2. The Morgan fingerprint density at radius 2 is 1.22 bits per heavy atom. The summed E-state index contributed by atoms with van der Waals surface area (Å²) in [7, 11) is 1.30. The second-order valence-electron chi connectivity index (χ2n) is 9.23. The molecule has 0 aromatic heterocycles. The fourth-order valence-electron chi connectivity index (χ4n) is 4.45. The molecule has 0 radical (unpaired) electrons. The number of esters is 2. The lowest BCUT2D eigenvalue weighted by atomic mass is 9.70. The van der Waals surface area contributed by atoms with Gasteiger partial charge in [0.15, 0.2) is 0 Å². The van der Waals surface area contributed by atoms with Gasteiger partial charge >= 0.3 is 11.9 Å². The third-order valence-electron chi connectivity index (χ3n) is 6.91. The van der Waals surface area contributed by atoms with Gasteiger partial charge in [-0.1, -0.05) is 66.7 Å². The average molecular weight is 479 g/mol. The minimum atomic E-state index is -0.531. The van der Waals surface area contributed by atoms with Crippen molar-refractivity contribution in [3.8, 4) is 5.75 Å². The van der Waals surface area contributed by atoms with Crippen molar-refractivity contribution in [1.82, 2.24) is 0 Å². The van der Waals surface area contributed by atoms with Crippen molar-refractivity contribution in [3.05, 3.63) is 136 Å². The molecule has 0 aliphatic heterocycles. The highest BCUT2D eigenvalue weighted by atomic mass is 16.5. The van der Waals surface area contributed by atoms with E-state index in [1.54, 1.807) is 18.2 Å². The van der Waals surface area contributed by atoms with Crippen LogP contribution < -0.4 is 4.74 Å². The van der Waals surface area contributed by atoms with Crippen molar-refractivity contribution in [3.63, 3.8) is 0 Å². The SMILES string of the molecule is COC(=O)c1cccc(C(=O)Oc2ccc(C(C)(c3ccccc3)c3ccc(C)c(C)c3)cc2C)c1. The van der Waals surface area contributed by atoms with Gasteiger partial charge in [-0.3, -0.25) is 0 Å². The van der Waals surface area contributed by atoms with E-state index in [0.717, 1.165) is 11.1 Å². The Balaban J connectivity index is 1.70. The summed E-state index contributed by atoms with van der Waals surface area (Å²) in [5, 5.41) is 0. The fraction of sp³-hybridized carbons (Fsp3) is 0.188. The van der Waals surface area contributed by atoms with E-state index in [0.29, 0.717) is 11.3 Å². The van der Waals surface area contributed by atoms with Crippen LogP contribution in [0.3, 0.4) is 0 Å². The van der Waals surface area contributed by atoms with E-state index in [1.807, 2.05) is 25.1 Å². The second-order valence-corrected chi connectivity index (χ2v) is 9.23. The maximum absolute atomic E-state index is 12.8. The number of methoxy groups -OCH3 is 1. The van der Waals surface area contributed by atoms with E-state index in [1.165, 1.54) is 35.4 Å². The first kappa shape index (κ1) is 24.9. The monoisotopic (exact) mass is 478 g/mol. The number of aryl methyl sites for hydroxylation is 3. The summed E-state index contributed by atoms with van der Waals surface area (Å²) < 4.78 is 10.5. The van der Waals surface area contributed by atoms with Gasteiger partial charge in [0, 0.05) is 5.41 Å². The minimum Gasteiger partial charge on any atom is -0.465 e. The van der Waals surface area contributed by atoms with Gasteiger partial charge in [0.25, 0.3) is 0 Å². The minimum absolute atomic E-state index is 0.283. The largest absolute Gasteiger partial charge is 0.465 e. The van der Waals surface area contributed by atoms with E-state index >= 15 is 0 Å². The predicted octanol–water partition coefficient (Wildman–Crippen LogP) is 6.97. The number of carbonyl (C=O) groups is 2. The maximum Gasteiger partial charge on any atom is 0.343 e. The highest BCUT2D eigenvalue weighted by Crippen LogP contribution is 2.40. The van der Waals surface area contributed by atoms with Gasteiger partial charge in [0.05, 0.1) is 18.2 Å². The standard InChI is InChI=1S/C32H30O4/c1-21-14-15-27(18-22(21)2)32(4,26-12-7-6-8-13-26)28-16-17-29(23(3)19-28)36-31(34)25-11-9-10-24(20-25)30(33)35-5/h6-20H,1-5H3. The molecule has 0 bridgehead atoms. The van der Waals surface area contributed by atoms with E-state index in [2.05, 4.69) is 69.3 Å². The molecule has 4 rings (SSSR count). The lowest BCUT2D eigenvalue weighted by Crippen LogP contribution is -2.25. The maximum atomic E-state index is 12.8. The molecule has 4 heteroatoms. The Kier molecular flexibility index (Phi) is 7.07. The summed E-state index contributed by atoms with van der Waals surface area (Å²) in [6, 6.07) is 29.3. The number of hydrogen-bond donors (Lipinski definition) is 0. The molecule has 4 aromatic rings. The highest BCUT2D eigenvalue weighted by Gasteiger charge is 2.32. The topological polar surface area (TPSA) is 52.6 Å². The lowest BCUT2D eigenvalue weighted by molar-refractivity contribution is 0.0600. The first-order chi connectivity index (χ1) is 17.2. The predicted molar refractivity (Wildman–Crippen MR) is 142 cm³/mol. The molecule has 1 unspecified atom stereocenters. The van der Waals surface area contributed by atoms with Crippen LogP contribution in [0.15, 0.2) is 91.0 Å². The zero-order valence-corrected chi connectivity index (χ0v) is 21.3. The van der Waals surface area contributed by atoms with Gasteiger partial charge in [-0.2, -0.15) is 0 Å². The van der Waals surface area contributed by atoms with Gasteiger partial charge < -0.3 is 9.47 Å². The molecule has 0 aliphatic rings. The van der Waals surface area contributed by atoms with Crippen LogP contribution in [0.5, 0.6) is 5.75 Å². The van der Waals surface area contributed by atoms with E-state index < -0.39 is 17.4 Å². The van der Waals surface area contributed by atoms with E-state index in [-0.39, 0.29) is 5.56 Å². The van der Waals surface area contributed by atoms with Crippen LogP contribution in [0, 0.1) is 20.8 Å². The third kappa shape index (κ3) is 4.80. The number of carbonyl (C=O) groups excluding carboxylic acids is 2. The van der Waals surface area contributed by atoms with Crippen molar-refractivity contribution in [1.29, 1.82) is 0 Å². The zero-order chi connectivity index (χ0) is 25.9. The van der Waals surface area contributed by atoms with Crippen molar-refractivity contribution < 1.29 is 19.1 Å². The molecule has 182 valence electrons. The Bertz CT molecular complexity index is 1420. The molecule has 36 heavy (non-hydrogen) atoms. The zero-order valence-electron chi connectivity index (χ0n) is 21.3. The van der Waals surface area contributed by atoms with Gasteiger partial charge in [-0.05, 0) is 85.3 Å². The quantitative estimate of drug-likeness (QED) is 0.171. The molecule has 1 atom stereocenters. The average Bonchev–Trinajstić information content (AvgIpc) is 2.90. The van der Waals surface area contributed by atoms with Crippen LogP contribution in [-0.4, -0.2) is 19.0 Å². The Hall–Kier alpha value is -4.18. The van der Waals surface area contributed by atoms with Gasteiger partial charge in [0.2, 0.25) is 0 Å². The summed E-state index contributed by atoms with van der Waals surface area (Å²) >= 11 is 0. The molecule has 0 heterocycles. The first-order valence-corrected chi connectivity index (χ1v) is 11.9. The number of rotatable bonds is 6. The fourth-order valence-corrected chi connectivity index (χ4v) is 4.45. The van der Waals surface area contributed by atoms with Crippen LogP contribution in [-0.2, 0) is 10.2 Å². The smallest absolute Gasteiger partial charge is 0.343 e. The Morgan fingerprint density at radius 1 is 0.611 bits per heavy atom. The molecular formula is C32H30O4. The summed E-state index contributed by atoms with van der Waals surface area (Å²) in [6.07, 6.45) is 0. The van der Waals surface area contributed by atoms with Crippen LogP contribution in [0.1, 0.15) is 61.0 Å². The third-order valence-corrected chi connectivity index (χ3v) is 6.91. The number of hydrogen-bond acceptors (Lipinski definition) is 4. The molecule has 0 fully saturated rings. The summed E-state index contributed by atoms with van der Waals surface area (Å²) in [4.78, 5) is 24.7. The van der Waals surface area contributed by atoms with Crippen LogP contribution in [0.2, 0.25) is 0 Å². The lowest BCUT2D eigenvalue weighted by Gasteiger charge is -2.33. The summed E-state index contributed by atoms with van der Waals surface area (Å²) in [5.74, 6) is -0.559. The molecule has 0 amide bonds. The van der Waals surface area contributed by atoms with Crippen LogP contribution >= 0.6 is 0 Å². The molecule has 0 N–H and O–H groups in total. The van der Waals surface area contributed by atoms with Crippen LogP contribution in [0.4, 0.5) is 0 Å². The molecule has 4 nitrogen and oxygen atoms in total. The molecule has 4 aromatic carbocycles. The molecule has 0 saturated carbocycles. The van der Waals surface area contributed by atoms with E-state index in [9.17, 15) is 9.59 Å². The van der Waals surface area contributed by atoms with Crippen molar-refractivity contribution in [2.24, 2.45) is 0 Å². The molecule has 0 spiro atoms. The normalized spacial score (nSPS) is 12.5. The molecule has 0 saturated heterocycles. The summed E-state index contributed by atoms with van der Waals surface area (Å²) in [5.41, 5.74) is 6.99. The van der Waals surface area contributed by atoms with E-state index in [4.69, 9.17) is 9.47 Å². The molecule has 0 aliphatic carbocycles. The van der Waals surface area contributed by atoms with Crippen molar-refractivity contribution >= 4 is 11.9 Å². The highest BCUT2D eigenvalue weighted by molar-refractivity contribution is 5.96. The van der Waals surface area contributed by atoms with Gasteiger partial charge in [-0.15, -0.1) is 0 Å². The van der Waals surface area contributed by atoms with Crippen molar-refractivity contribution in [2.75, 3.05) is 7.11 Å². The first-order valence-electron chi connectivity index (χ1n) is 11.9. The summed E-state index contributed by atoms with van der Waals surface area (Å²) in [6.45, 7) is 8.41. The number of benzene rings is 4. The molecular weight excluding hydrogens is 448 g/mol.